The SMILES string of the molecule is COC(=O)c1nn(C)c(C)c1NC(=O)C1CCCCCCC1. The van der Waals surface area contributed by atoms with Gasteiger partial charge in [-0.2, -0.15) is 5.10 Å². The zero-order chi connectivity index (χ0) is 16.1. The van der Waals surface area contributed by atoms with E-state index in [1.54, 1.807) is 11.7 Å². The highest BCUT2D eigenvalue weighted by Crippen LogP contribution is 2.26. The Morgan fingerprint density at radius 1 is 1.18 bits per heavy atom. The Morgan fingerprint density at radius 3 is 2.36 bits per heavy atom. The molecular weight excluding hydrogens is 282 g/mol. The number of hydrogen-bond donors (Lipinski definition) is 1. The Morgan fingerprint density at radius 2 is 1.77 bits per heavy atom. The van der Waals surface area contributed by atoms with E-state index in [2.05, 4.69) is 10.4 Å². The molecule has 0 bridgehead atoms. The van der Waals surface area contributed by atoms with Crippen LogP contribution in [-0.2, 0) is 16.6 Å². The molecule has 6 nitrogen and oxygen atoms in total. The minimum Gasteiger partial charge on any atom is -0.464 e. The van der Waals surface area contributed by atoms with E-state index in [9.17, 15) is 9.59 Å². The lowest BCUT2D eigenvalue weighted by atomic mass is 9.90. The van der Waals surface area contributed by atoms with Crippen molar-refractivity contribution in [2.24, 2.45) is 13.0 Å². The highest BCUT2D eigenvalue weighted by molar-refractivity contribution is 6.01. The first-order valence-electron chi connectivity index (χ1n) is 7.97. The summed E-state index contributed by atoms with van der Waals surface area (Å²) in [7, 11) is 3.06. The van der Waals surface area contributed by atoms with Crippen molar-refractivity contribution in [1.29, 1.82) is 0 Å². The number of methoxy groups -OCH3 is 1. The van der Waals surface area contributed by atoms with Crippen molar-refractivity contribution in [2.75, 3.05) is 12.4 Å². The standard InChI is InChI=1S/C16H25N3O3/c1-11-13(14(16(21)22-3)18-19(11)2)17-15(20)12-9-7-5-4-6-8-10-12/h12H,4-10H2,1-3H3,(H,17,20). The molecule has 1 fully saturated rings. The summed E-state index contributed by atoms with van der Waals surface area (Å²) in [6, 6.07) is 0. The number of amides is 1. The number of rotatable bonds is 3. The third-order valence-corrected chi connectivity index (χ3v) is 4.44. The molecule has 1 aromatic heterocycles. The molecule has 1 aliphatic rings. The molecule has 0 spiro atoms. The molecule has 1 aromatic rings. The molecule has 122 valence electrons. The van der Waals surface area contributed by atoms with Gasteiger partial charge in [0.2, 0.25) is 5.91 Å². The third kappa shape index (κ3) is 3.67. The second kappa shape index (κ2) is 7.42. The fraction of sp³-hybridized carbons (Fsp3) is 0.688. The average Bonchev–Trinajstić information content (AvgIpc) is 2.74. The molecule has 1 aliphatic carbocycles. The Kier molecular flexibility index (Phi) is 5.57. The molecule has 1 saturated carbocycles. The van der Waals surface area contributed by atoms with E-state index >= 15 is 0 Å². The van der Waals surface area contributed by atoms with Crippen LogP contribution in [-0.4, -0.2) is 28.8 Å². The summed E-state index contributed by atoms with van der Waals surface area (Å²) in [5.74, 6) is -0.523. The van der Waals surface area contributed by atoms with Crippen LogP contribution >= 0.6 is 0 Å². The molecule has 1 amide bonds. The number of nitrogens with one attached hydrogen (secondary N) is 1. The lowest BCUT2D eigenvalue weighted by Crippen LogP contribution is -2.25. The number of aromatic nitrogens is 2. The number of carbonyl (C=O) groups excluding carboxylic acids is 2. The minimum absolute atomic E-state index is 0.0110. The van der Waals surface area contributed by atoms with E-state index in [4.69, 9.17) is 4.74 Å². The summed E-state index contributed by atoms with van der Waals surface area (Å²) < 4.78 is 6.33. The van der Waals surface area contributed by atoms with Crippen LogP contribution in [0.15, 0.2) is 0 Å². The smallest absolute Gasteiger partial charge is 0.360 e. The van der Waals surface area contributed by atoms with Gasteiger partial charge in [0.05, 0.1) is 18.5 Å². The topological polar surface area (TPSA) is 73.2 Å². The third-order valence-electron chi connectivity index (χ3n) is 4.44. The molecule has 0 radical (unpaired) electrons. The minimum atomic E-state index is -0.531. The lowest BCUT2D eigenvalue weighted by Gasteiger charge is -2.19. The molecule has 0 aliphatic heterocycles. The van der Waals surface area contributed by atoms with E-state index in [0.29, 0.717) is 5.69 Å². The number of nitrogens with zero attached hydrogens (tertiary/aromatic N) is 2. The van der Waals surface area contributed by atoms with Gasteiger partial charge in [-0.05, 0) is 19.8 Å². The van der Waals surface area contributed by atoms with Crippen LogP contribution in [0.1, 0.15) is 61.1 Å². The molecular formula is C16H25N3O3. The fourth-order valence-electron chi connectivity index (χ4n) is 2.94. The summed E-state index contributed by atoms with van der Waals surface area (Å²) in [4.78, 5) is 24.4. The quantitative estimate of drug-likeness (QED) is 0.871. The van der Waals surface area contributed by atoms with Gasteiger partial charge in [0, 0.05) is 13.0 Å². The van der Waals surface area contributed by atoms with E-state index in [-0.39, 0.29) is 17.5 Å². The van der Waals surface area contributed by atoms with Gasteiger partial charge >= 0.3 is 5.97 Å². The van der Waals surface area contributed by atoms with Crippen LogP contribution in [0.4, 0.5) is 5.69 Å². The van der Waals surface area contributed by atoms with Crippen molar-refractivity contribution in [3.63, 3.8) is 0 Å². The van der Waals surface area contributed by atoms with E-state index in [1.807, 2.05) is 6.92 Å². The van der Waals surface area contributed by atoms with Crippen molar-refractivity contribution < 1.29 is 14.3 Å². The Bertz CT molecular complexity index is 543. The highest BCUT2D eigenvalue weighted by atomic mass is 16.5. The van der Waals surface area contributed by atoms with Crippen LogP contribution in [0.5, 0.6) is 0 Å². The van der Waals surface area contributed by atoms with E-state index in [0.717, 1.165) is 31.4 Å². The number of esters is 1. The Labute approximate surface area is 131 Å². The van der Waals surface area contributed by atoms with Crippen molar-refractivity contribution in [3.8, 4) is 0 Å². The number of carbonyl (C=O) groups is 2. The van der Waals surface area contributed by atoms with Crippen molar-refractivity contribution in [2.45, 2.75) is 51.9 Å². The number of aryl methyl sites for hydroxylation is 1. The fourth-order valence-corrected chi connectivity index (χ4v) is 2.94. The second-order valence-corrected chi connectivity index (χ2v) is 5.96. The van der Waals surface area contributed by atoms with E-state index < -0.39 is 5.97 Å². The van der Waals surface area contributed by atoms with Crippen molar-refractivity contribution in [3.05, 3.63) is 11.4 Å². The molecule has 0 aromatic carbocycles. The van der Waals surface area contributed by atoms with E-state index in [1.165, 1.54) is 26.4 Å². The van der Waals surface area contributed by atoms with Gasteiger partial charge in [0.15, 0.2) is 5.69 Å². The van der Waals surface area contributed by atoms with Gasteiger partial charge < -0.3 is 10.1 Å². The van der Waals surface area contributed by atoms with Gasteiger partial charge in [0.25, 0.3) is 0 Å². The predicted octanol–water partition coefficient (Wildman–Crippen LogP) is 2.81. The maximum absolute atomic E-state index is 12.6. The monoisotopic (exact) mass is 307 g/mol. The van der Waals surface area contributed by atoms with Crippen LogP contribution in [0, 0.1) is 12.8 Å². The van der Waals surface area contributed by atoms with Crippen LogP contribution in [0.3, 0.4) is 0 Å². The van der Waals surface area contributed by atoms with Crippen molar-refractivity contribution >= 4 is 17.6 Å². The zero-order valence-electron chi connectivity index (χ0n) is 13.6. The summed E-state index contributed by atoms with van der Waals surface area (Å²) >= 11 is 0. The van der Waals surface area contributed by atoms with Gasteiger partial charge in [-0.3, -0.25) is 9.48 Å². The summed E-state index contributed by atoms with van der Waals surface area (Å²) in [5.41, 5.74) is 1.39. The molecule has 0 saturated heterocycles. The molecule has 1 heterocycles. The number of anilines is 1. The van der Waals surface area contributed by atoms with Crippen LogP contribution in [0.25, 0.3) is 0 Å². The van der Waals surface area contributed by atoms with Gasteiger partial charge in [-0.1, -0.05) is 32.1 Å². The largest absolute Gasteiger partial charge is 0.464 e. The number of ether oxygens (including phenoxy) is 1. The summed E-state index contributed by atoms with van der Waals surface area (Å²) in [5, 5.41) is 7.05. The van der Waals surface area contributed by atoms with Gasteiger partial charge in [0.1, 0.15) is 0 Å². The Hall–Kier alpha value is -1.85. The molecule has 2 rings (SSSR count). The predicted molar refractivity (Wildman–Crippen MR) is 83.7 cm³/mol. The maximum atomic E-state index is 12.6. The highest BCUT2D eigenvalue weighted by Gasteiger charge is 2.25. The molecule has 0 unspecified atom stereocenters. The van der Waals surface area contributed by atoms with Crippen LogP contribution in [0.2, 0.25) is 0 Å². The Balaban J connectivity index is 2.14. The normalized spacial score (nSPS) is 16.7. The van der Waals surface area contributed by atoms with Crippen molar-refractivity contribution in [1.82, 2.24) is 9.78 Å². The second-order valence-electron chi connectivity index (χ2n) is 5.96. The maximum Gasteiger partial charge on any atom is 0.360 e. The first-order valence-corrected chi connectivity index (χ1v) is 7.97. The molecule has 6 heteroatoms. The summed E-state index contributed by atoms with van der Waals surface area (Å²) in [6.45, 7) is 1.83. The molecule has 22 heavy (non-hydrogen) atoms. The summed E-state index contributed by atoms with van der Waals surface area (Å²) in [6.07, 6.45) is 7.67. The molecule has 0 atom stereocenters. The molecule has 1 N–H and O–H groups in total. The number of hydrogen-bond acceptors (Lipinski definition) is 4. The van der Waals surface area contributed by atoms with Gasteiger partial charge in [-0.25, -0.2) is 4.79 Å². The lowest BCUT2D eigenvalue weighted by molar-refractivity contribution is -0.120. The van der Waals surface area contributed by atoms with Gasteiger partial charge in [-0.15, -0.1) is 0 Å². The average molecular weight is 307 g/mol. The first kappa shape index (κ1) is 16.5. The van der Waals surface area contributed by atoms with Crippen LogP contribution < -0.4 is 5.32 Å². The zero-order valence-corrected chi connectivity index (χ0v) is 13.6. The first-order chi connectivity index (χ1) is 10.5.